The third-order valence-electron chi connectivity index (χ3n) is 6.25. The van der Waals surface area contributed by atoms with Gasteiger partial charge in [0.25, 0.3) is 5.88 Å². The van der Waals surface area contributed by atoms with E-state index in [2.05, 4.69) is 14.9 Å². The Balaban J connectivity index is 1.61. The second-order valence-corrected chi connectivity index (χ2v) is 9.54. The van der Waals surface area contributed by atoms with Crippen molar-refractivity contribution in [3.63, 3.8) is 0 Å². The van der Waals surface area contributed by atoms with Gasteiger partial charge in [-0.1, -0.05) is 35.3 Å². The smallest absolute Gasteiger partial charge is 0.258 e. The minimum Gasteiger partial charge on any atom is -0.467 e. The third kappa shape index (κ3) is 6.04. The van der Waals surface area contributed by atoms with Crippen molar-refractivity contribution in [3.05, 3.63) is 69.3 Å². The van der Waals surface area contributed by atoms with E-state index in [4.69, 9.17) is 39.4 Å². The number of nitrogen functional groups attached to an aromatic ring is 1. The van der Waals surface area contributed by atoms with Crippen LogP contribution in [0.15, 0.2) is 42.6 Å². The van der Waals surface area contributed by atoms with Crippen molar-refractivity contribution < 1.29 is 9.53 Å². The van der Waals surface area contributed by atoms with Crippen LogP contribution in [0.2, 0.25) is 10.0 Å². The first kappa shape index (κ1) is 25.2. The molecular weight excluding hydrogens is 485 g/mol. The highest BCUT2D eigenvalue weighted by Crippen LogP contribution is 2.35. The first-order valence-corrected chi connectivity index (χ1v) is 12.5. The maximum absolute atomic E-state index is 11.8. The van der Waals surface area contributed by atoms with Crippen molar-refractivity contribution in [1.29, 1.82) is 0 Å². The van der Waals surface area contributed by atoms with E-state index in [1.54, 1.807) is 30.5 Å². The van der Waals surface area contributed by atoms with E-state index >= 15 is 0 Å². The Kier molecular flexibility index (Phi) is 8.11. The Hall–Kier alpha value is -2.87. The topological polar surface area (TPSA) is 107 Å². The van der Waals surface area contributed by atoms with Crippen molar-refractivity contribution in [2.75, 3.05) is 25.4 Å². The Labute approximate surface area is 215 Å². The molecule has 2 heterocycles. The van der Waals surface area contributed by atoms with Gasteiger partial charge < -0.3 is 21.1 Å². The van der Waals surface area contributed by atoms with Crippen molar-refractivity contribution >= 4 is 34.9 Å². The summed E-state index contributed by atoms with van der Waals surface area (Å²) in [7, 11) is 0. The number of ether oxygens (including phenoxy) is 1. The van der Waals surface area contributed by atoms with Gasteiger partial charge in [0.15, 0.2) is 5.82 Å². The van der Waals surface area contributed by atoms with Crippen LogP contribution in [0.5, 0.6) is 5.88 Å². The number of halogens is 2. The monoisotopic (exact) mass is 513 g/mol. The number of benzene rings is 2. The lowest BCUT2D eigenvalue weighted by Crippen LogP contribution is -2.21. The second kappa shape index (κ2) is 11.2. The molecule has 2 aromatic carbocycles. The summed E-state index contributed by atoms with van der Waals surface area (Å²) in [5.74, 6) is -0.115. The molecule has 7 nitrogen and oxygen atoms in total. The van der Waals surface area contributed by atoms with Gasteiger partial charge in [0.2, 0.25) is 5.91 Å². The lowest BCUT2D eigenvalue weighted by atomic mass is 9.97. The number of rotatable bonds is 9. The van der Waals surface area contributed by atoms with Crippen LogP contribution in [0.1, 0.15) is 53.8 Å². The predicted molar refractivity (Wildman–Crippen MR) is 140 cm³/mol. The molecular formula is C26H29Cl2N5O2. The fourth-order valence-corrected chi connectivity index (χ4v) is 5.13. The van der Waals surface area contributed by atoms with E-state index in [0.29, 0.717) is 26.9 Å². The quantitative estimate of drug-likeness (QED) is 0.401. The summed E-state index contributed by atoms with van der Waals surface area (Å²) in [6.07, 6.45) is 5.36. The number of nitrogens with zero attached hydrogens (tertiary/aromatic N) is 3. The summed E-state index contributed by atoms with van der Waals surface area (Å²) in [6, 6.07) is 10.7. The molecule has 0 radical (unpaired) electrons. The summed E-state index contributed by atoms with van der Waals surface area (Å²) in [5, 5.41) is 0.991. The van der Waals surface area contributed by atoms with Gasteiger partial charge in [0.05, 0.1) is 11.9 Å². The number of primary amides is 1. The number of aromatic nitrogens is 2. The molecule has 0 spiro atoms. The van der Waals surface area contributed by atoms with Gasteiger partial charge in [-0.25, -0.2) is 9.97 Å². The number of nitrogens with two attached hydrogens (primary N) is 2. The van der Waals surface area contributed by atoms with E-state index in [0.717, 1.165) is 43.6 Å². The van der Waals surface area contributed by atoms with Crippen LogP contribution in [0.25, 0.3) is 11.3 Å². The molecule has 1 amide bonds. The fourth-order valence-electron chi connectivity index (χ4n) is 4.43. The third-order valence-corrected chi connectivity index (χ3v) is 6.91. The molecule has 3 aromatic rings. The van der Waals surface area contributed by atoms with Crippen LogP contribution < -0.4 is 16.2 Å². The molecule has 9 heteroatoms. The van der Waals surface area contributed by atoms with Gasteiger partial charge in [-0.15, -0.1) is 0 Å². The molecule has 35 heavy (non-hydrogen) atoms. The Morgan fingerprint density at radius 1 is 1.17 bits per heavy atom. The molecule has 1 saturated heterocycles. The number of hydrogen-bond donors (Lipinski definition) is 2. The normalized spacial score (nSPS) is 14.7. The summed E-state index contributed by atoms with van der Waals surface area (Å²) < 4.78 is 6.06. The van der Waals surface area contributed by atoms with Crippen molar-refractivity contribution in [1.82, 2.24) is 14.9 Å². The van der Waals surface area contributed by atoms with Crippen LogP contribution in [0.3, 0.4) is 0 Å². The molecule has 0 bridgehead atoms. The van der Waals surface area contributed by atoms with Crippen LogP contribution in [0, 0.1) is 0 Å². The minimum absolute atomic E-state index is 0.160. The Morgan fingerprint density at radius 2 is 1.89 bits per heavy atom. The molecule has 1 aliphatic rings. The lowest BCUT2D eigenvalue weighted by Gasteiger charge is -2.19. The van der Waals surface area contributed by atoms with Gasteiger partial charge in [0.1, 0.15) is 6.10 Å². The average Bonchev–Trinajstić information content (AvgIpc) is 3.34. The lowest BCUT2D eigenvalue weighted by molar-refractivity contribution is 0.1000. The summed E-state index contributed by atoms with van der Waals surface area (Å²) >= 11 is 12.7. The number of anilines is 1. The Morgan fingerprint density at radius 3 is 2.57 bits per heavy atom. The zero-order valence-corrected chi connectivity index (χ0v) is 21.1. The van der Waals surface area contributed by atoms with Crippen molar-refractivity contribution in [2.24, 2.45) is 5.73 Å². The second-order valence-electron chi connectivity index (χ2n) is 8.73. The molecule has 1 atom stereocenters. The number of likely N-dealkylation sites (tertiary alicyclic amines) is 1. The molecule has 1 unspecified atom stereocenters. The average molecular weight is 514 g/mol. The maximum atomic E-state index is 11.8. The van der Waals surface area contributed by atoms with Gasteiger partial charge in [-0.2, -0.15) is 0 Å². The fraction of sp³-hybridized carbons (Fsp3) is 0.346. The minimum atomic E-state index is -0.500. The number of carbonyl (C=O) groups is 1. The number of hydrogen-bond acceptors (Lipinski definition) is 6. The van der Waals surface area contributed by atoms with Gasteiger partial charge in [-0.05, 0) is 82.1 Å². The molecule has 4 rings (SSSR count). The largest absolute Gasteiger partial charge is 0.467 e. The van der Waals surface area contributed by atoms with Crippen LogP contribution in [-0.2, 0) is 6.42 Å². The number of carbonyl (C=O) groups excluding carboxylic acids is 1. The standard InChI is InChI=1S/C26H29Cl2N5O2/c1-16(23-20(27)7-4-8-21(23)28)35-26-24(29)31-15-22(32-26)19-10-9-18(25(30)34)14-17(19)6-5-13-33-11-2-3-12-33/h4,7-10,14-16H,2-3,5-6,11-13H2,1H3,(H2,29,31)(H2,30,34). The van der Waals surface area contributed by atoms with Crippen molar-refractivity contribution in [3.8, 4) is 17.1 Å². The maximum Gasteiger partial charge on any atom is 0.258 e. The first-order chi connectivity index (χ1) is 16.8. The Bertz CT molecular complexity index is 1190. The molecule has 0 aliphatic carbocycles. The van der Waals surface area contributed by atoms with E-state index in [1.165, 1.54) is 12.8 Å². The van der Waals surface area contributed by atoms with Gasteiger partial charge in [0, 0.05) is 26.7 Å². The first-order valence-electron chi connectivity index (χ1n) is 11.7. The van der Waals surface area contributed by atoms with Crippen molar-refractivity contribution in [2.45, 2.75) is 38.7 Å². The highest BCUT2D eigenvalue weighted by molar-refractivity contribution is 6.36. The van der Waals surface area contributed by atoms with Crippen LogP contribution in [0.4, 0.5) is 5.82 Å². The molecule has 0 saturated carbocycles. The molecule has 4 N–H and O–H groups in total. The highest BCUT2D eigenvalue weighted by atomic mass is 35.5. The predicted octanol–water partition coefficient (Wildman–Crippen LogP) is 5.30. The summed E-state index contributed by atoms with van der Waals surface area (Å²) in [5.41, 5.74) is 15.2. The zero-order valence-electron chi connectivity index (χ0n) is 19.6. The SMILES string of the molecule is CC(Oc1nc(-c2ccc(C(N)=O)cc2CCCN2CCCC2)cnc1N)c1c(Cl)cccc1Cl. The summed E-state index contributed by atoms with van der Waals surface area (Å²) in [4.78, 5) is 23.3. The molecule has 1 aromatic heterocycles. The van der Waals surface area contributed by atoms with E-state index in [9.17, 15) is 4.79 Å². The van der Waals surface area contributed by atoms with Crippen LogP contribution >= 0.6 is 23.2 Å². The van der Waals surface area contributed by atoms with Gasteiger partial charge >= 0.3 is 0 Å². The van der Waals surface area contributed by atoms with E-state index in [-0.39, 0.29) is 11.7 Å². The molecule has 1 fully saturated rings. The zero-order chi connectivity index (χ0) is 24.9. The number of amides is 1. The number of aryl methyl sites for hydroxylation is 1. The summed E-state index contributed by atoms with van der Waals surface area (Å²) in [6.45, 7) is 5.13. The van der Waals surface area contributed by atoms with Gasteiger partial charge in [-0.3, -0.25) is 4.79 Å². The molecule has 184 valence electrons. The van der Waals surface area contributed by atoms with E-state index < -0.39 is 12.0 Å². The highest BCUT2D eigenvalue weighted by Gasteiger charge is 2.19. The molecule has 1 aliphatic heterocycles. The van der Waals surface area contributed by atoms with Crippen LogP contribution in [-0.4, -0.2) is 40.4 Å². The van der Waals surface area contributed by atoms with E-state index in [1.807, 2.05) is 19.1 Å².